The van der Waals surface area contributed by atoms with Crippen LogP contribution in [0.4, 0.5) is 0 Å². The summed E-state index contributed by atoms with van der Waals surface area (Å²) in [4.78, 5) is 2.19. The molecule has 0 amide bonds. The Kier molecular flexibility index (Phi) is 3.44. The number of nitrogens with zero attached hydrogens (tertiary/aromatic N) is 2. The molecular formula is C15H16N2O2S. The highest BCUT2D eigenvalue weighted by Crippen LogP contribution is 2.20. The van der Waals surface area contributed by atoms with Crippen LogP contribution in [-0.4, -0.2) is 32.7 Å². The van der Waals surface area contributed by atoms with Crippen molar-refractivity contribution in [3.8, 4) is 0 Å². The molecule has 1 saturated heterocycles. The number of fused-ring (bicyclic) bond motifs is 1. The van der Waals surface area contributed by atoms with E-state index >= 15 is 0 Å². The van der Waals surface area contributed by atoms with Crippen molar-refractivity contribution in [2.24, 2.45) is 4.40 Å². The molecule has 0 saturated carbocycles. The van der Waals surface area contributed by atoms with Crippen LogP contribution in [-0.2, 0) is 10.0 Å². The van der Waals surface area contributed by atoms with Crippen molar-refractivity contribution in [1.29, 1.82) is 0 Å². The standard InChI is InChI=1S/C15H16N2O2S/c18-20(19,16-12-17-9-3-4-10-17)15-8-7-13-5-1-2-6-14(13)11-15/h1-2,5-8,11-12H,3-4,9-10H2. The van der Waals surface area contributed by atoms with Crippen LogP contribution < -0.4 is 0 Å². The number of hydrogen-bond donors (Lipinski definition) is 0. The van der Waals surface area contributed by atoms with Crippen LogP contribution in [0.25, 0.3) is 10.8 Å². The molecule has 5 heteroatoms. The number of sulfonamides is 1. The van der Waals surface area contributed by atoms with Crippen LogP contribution >= 0.6 is 0 Å². The average molecular weight is 288 g/mol. The van der Waals surface area contributed by atoms with Gasteiger partial charge in [-0.05, 0) is 35.7 Å². The minimum atomic E-state index is -3.61. The smallest absolute Gasteiger partial charge is 0.283 e. The molecule has 1 aliphatic heterocycles. The fourth-order valence-electron chi connectivity index (χ4n) is 2.37. The number of hydrogen-bond acceptors (Lipinski definition) is 2. The van der Waals surface area contributed by atoms with Crippen molar-refractivity contribution < 1.29 is 8.42 Å². The first-order chi connectivity index (χ1) is 9.65. The molecule has 0 atom stereocenters. The number of benzene rings is 2. The molecule has 0 bridgehead atoms. The lowest BCUT2D eigenvalue weighted by molar-refractivity contribution is 0.535. The van der Waals surface area contributed by atoms with Crippen LogP contribution in [0.3, 0.4) is 0 Å². The Labute approximate surface area is 118 Å². The summed E-state index contributed by atoms with van der Waals surface area (Å²) in [5.74, 6) is 0. The quantitative estimate of drug-likeness (QED) is 0.644. The van der Waals surface area contributed by atoms with Gasteiger partial charge in [-0.1, -0.05) is 30.3 Å². The van der Waals surface area contributed by atoms with E-state index in [1.54, 1.807) is 12.1 Å². The molecule has 0 radical (unpaired) electrons. The third kappa shape index (κ3) is 2.67. The maximum Gasteiger partial charge on any atom is 0.283 e. The largest absolute Gasteiger partial charge is 0.362 e. The summed E-state index contributed by atoms with van der Waals surface area (Å²) in [6, 6.07) is 12.8. The predicted octanol–water partition coefficient (Wildman–Crippen LogP) is 2.65. The van der Waals surface area contributed by atoms with Crippen LogP contribution in [0.15, 0.2) is 51.8 Å². The van der Waals surface area contributed by atoms with Gasteiger partial charge in [0.1, 0.15) is 6.34 Å². The summed E-state index contributed by atoms with van der Waals surface area (Å²) in [5.41, 5.74) is 0. The fourth-order valence-corrected chi connectivity index (χ4v) is 3.27. The number of rotatable bonds is 3. The maximum atomic E-state index is 12.2. The Morgan fingerprint density at radius 3 is 2.45 bits per heavy atom. The molecule has 2 aromatic rings. The van der Waals surface area contributed by atoms with E-state index in [9.17, 15) is 8.42 Å². The molecule has 0 aliphatic carbocycles. The van der Waals surface area contributed by atoms with E-state index in [-0.39, 0.29) is 4.90 Å². The molecule has 20 heavy (non-hydrogen) atoms. The van der Waals surface area contributed by atoms with E-state index in [4.69, 9.17) is 0 Å². The van der Waals surface area contributed by atoms with Gasteiger partial charge in [0.2, 0.25) is 0 Å². The molecule has 0 unspecified atom stereocenters. The zero-order valence-electron chi connectivity index (χ0n) is 11.1. The first-order valence-corrected chi connectivity index (χ1v) is 8.12. The van der Waals surface area contributed by atoms with Crippen LogP contribution in [0.1, 0.15) is 12.8 Å². The minimum Gasteiger partial charge on any atom is -0.362 e. The van der Waals surface area contributed by atoms with E-state index in [2.05, 4.69) is 4.40 Å². The van der Waals surface area contributed by atoms with E-state index < -0.39 is 10.0 Å². The molecule has 2 aromatic carbocycles. The Morgan fingerprint density at radius 2 is 1.70 bits per heavy atom. The van der Waals surface area contributed by atoms with Gasteiger partial charge < -0.3 is 4.90 Å². The summed E-state index contributed by atoms with van der Waals surface area (Å²) in [5, 5.41) is 1.93. The van der Waals surface area contributed by atoms with E-state index in [0.29, 0.717) is 0 Å². The summed E-state index contributed by atoms with van der Waals surface area (Å²) in [6.07, 6.45) is 3.65. The first-order valence-electron chi connectivity index (χ1n) is 6.68. The van der Waals surface area contributed by atoms with Crippen molar-refractivity contribution in [1.82, 2.24) is 4.90 Å². The van der Waals surface area contributed by atoms with Crippen molar-refractivity contribution >= 4 is 27.1 Å². The normalized spacial score (nSPS) is 16.3. The second kappa shape index (κ2) is 5.25. The van der Waals surface area contributed by atoms with E-state index in [1.807, 2.05) is 35.2 Å². The highest BCUT2D eigenvalue weighted by molar-refractivity contribution is 7.90. The molecule has 1 fully saturated rings. The third-order valence-corrected chi connectivity index (χ3v) is 4.73. The highest BCUT2D eigenvalue weighted by atomic mass is 32.2. The van der Waals surface area contributed by atoms with E-state index in [1.165, 1.54) is 6.34 Å². The Morgan fingerprint density at radius 1 is 1.00 bits per heavy atom. The Hall–Kier alpha value is -1.88. The fraction of sp³-hybridized carbons (Fsp3) is 0.267. The van der Waals surface area contributed by atoms with Gasteiger partial charge in [-0.2, -0.15) is 8.42 Å². The van der Waals surface area contributed by atoms with Gasteiger partial charge in [-0.15, -0.1) is 4.40 Å². The molecule has 1 heterocycles. The zero-order chi connectivity index (χ0) is 14.0. The van der Waals surface area contributed by atoms with Crippen LogP contribution in [0.5, 0.6) is 0 Å². The Balaban J connectivity index is 1.92. The summed E-state index contributed by atoms with van der Waals surface area (Å²) in [7, 11) is -3.61. The lowest BCUT2D eigenvalue weighted by atomic mass is 10.1. The molecule has 0 aromatic heterocycles. The van der Waals surface area contributed by atoms with Crippen molar-refractivity contribution in [2.45, 2.75) is 17.7 Å². The van der Waals surface area contributed by atoms with Crippen molar-refractivity contribution in [2.75, 3.05) is 13.1 Å². The highest BCUT2D eigenvalue weighted by Gasteiger charge is 2.14. The molecule has 0 spiro atoms. The third-order valence-electron chi connectivity index (χ3n) is 3.51. The van der Waals surface area contributed by atoms with Crippen LogP contribution in [0, 0.1) is 0 Å². The van der Waals surface area contributed by atoms with Crippen molar-refractivity contribution in [3.05, 3.63) is 42.5 Å². The van der Waals surface area contributed by atoms with Gasteiger partial charge >= 0.3 is 0 Å². The zero-order valence-corrected chi connectivity index (χ0v) is 11.9. The molecular weight excluding hydrogens is 272 g/mol. The topological polar surface area (TPSA) is 49.7 Å². The predicted molar refractivity (Wildman–Crippen MR) is 80.4 cm³/mol. The molecule has 1 aliphatic rings. The SMILES string of the molecule is O=S(=O)(N=CN1CCCC1)c1ccc2ccccc2c1. The van der Waals surface area contributed by atoms with Gasteiger partial charge in [-0.25, -0.2) is 0 Å². The van der Waals surface area contributed by atoms with Gasteiger partial charge in [0.05, 0.1) is 4.90 Å². The van der Waals surface area contributed by atoms with Gasteiger partial charge in [-0.3, -0.25) is 0 Å². The van der Waals surface area contributed by atoms with Gasteiger partial charge in [0.15, 0.2) is 0 Å². The first kappa shape index (κ1) is 13.1. The second-order valence-corrected chi connectivity index (χ2v) is 6.58. The maximum absolute atomic E-state index is 12.2. The molecule has 104 valence electrons. The lowest BCUT2D eigenvalue weighted by Crippen LogP contribution is -2.17. The summed E-state index contributed by atoms with van der Waals surface area (Å²) < 4.78 is 28.2. The monoisotopic (exact) mass is 288 g/mol. The van der Waals surface area contributed by atoms with E-state index in [0.717, 1.165) is 36.7 Å². The summed E-state index contributed by atoms with van der Waals surface area (Å²) in [6.45, 7) is 1.77. The van der Waals surface area contributed by atoms with Gasteiger partial charge in [0.25, 0.3) is 10.0 Å². The minimum absolute atomic E-state index is 0.242. The molecule has 0 N–H and O–H groups in total. The average Bonchev–Trinajstić information content (AvgIpc) is 2.98. The van der Waals surface area contributed by atoms with Crippen LogP contribution in [0.2, 0.25) is 0 Å². The second-order valence-electron chi connectivity index (χ2n) is 4.95. The summed E-state index contributed by atoms with van der Waals surface area (Å²) >= 11 is 0. The number of likely N-dealkylation sites (tertiary alicyclic amines) is 1. The molecule has 4 nitrogen and oxygen atoms in total. The Bertz CT molecular complexity index is 747. The van der Waals surface area contributed by atoms with Crippen molar-refractivity contribution in [3.63, 3.8) is 0 Å². The lowest BCUT2D eigenvalue weighted by Gasteiger charge is -2.09. The molecule has 3 rings (SSSR count). The van der Waals surface area contributed by atoms with Gasteiger partial charge in [0, 0.05) is 13.1 Å².